The van der Waals surface area contributed by atoms with Crippen molar-refractivity contribution < 1.29 is 9.90 Å². The van der Waals surface area contributed by atoms with Crippen LogP contribution in [-0.4, -0.2) is 48.7 Å². The van der Waals surface area contributed by atoms with Crippen LogP contribution in [0.1, 0.15) is 19.3 Å². The SMILES string of the molecule is CNCC1CCCN1CCC(=O)O. The first-order chi connectivity index (χ1) is 6.24. The Bertz CT molecular complexity index is 173. The zero-order chi connectivity index (χ0) is 9.68. The zero-order valence-electron chi connectivity index (χ0n) is 8.12. The van der Waals surface area contributed by atoms with Crippen LogP contribution < -0.4 is 5.32 Å². The predicted octanol–water partition coefficient (Wildman–Crippen LogP) is 0.145. The third-order valence-electron chi connectivity index (χ3n) is 2.55. The predicted molar refractivity (Wildman–Crippen MR) is 50.8 cm³/mol. The van der Waals surface area contributed by atoms with Gasteiger partial charge in [0.1, 0.15) is 0 Å². The molecular weight excluding hydrogens is 168 g/mol. The van der Waals surface area contributed by atoms with Crippen LogP contribution >= 0.6 is 0 Å². The monoisotopic (exact) mass is 186 g/mol. The Morgan fingerprint density at radius 2 is 2.46 bits per heavy atom. The molecule has 1 fully saturated rings. The van der Waals surface area contributed by atoms with Gasteiger partial charge in [0.2, 0.25) is 0 Å². The van der Waals surface area contributed by atoms with Gasteiger partial charge >= 0.3 is 5.97 Å². The van der Waals surface area contributed by atoms with Crippen molar-refractivity contribution in [1.82, 2.24) is 10.2 Å². The fourth-order valence-corrected chi connectivity index (χ4v) is 1.90. The van der Waals surface area contributed by atoms with Crippen molar-refractivity contribution in [3.05, 3.63) is 0 Å². The van der Waals surface area contributed by atoms with Gasteiger partial charge in [0, 0.05) is 19.1 Å². The number of aliphatic carboxylic acids is 1. The van der Waals surface area contributed by atoms with Crippen molar-refractivity contribution >= 4 is 5.97 Å². The van der Waals surface area contributed by atoms with E-state index in [2.05, 4.69) is 10.2 Å². The Morgan fingerprint density at radius 1 is 1.69 bits per heavy atom. The number of carboxylic acids is 1. The van der Waals surface area contributed by atoms with E-state index in [0.717, 1.165) is 13.1 Å². The van der Waals surface area contributed by atoms with Crippen LogP contribution in [0.25, 0.3) is 0 Å². The van der Waals surface area contributed by atoms with E-state index in [1.54, 1.807) is 0 Å². The molecule has 0 radical (unpaired) electrons. The summed E-state index contributed by atoms with van der Waals surface area (Å²) in [5, 5.41) is 11.7. The van der Waals surface area contributed by atoms with E-state index in [-0.39, 0.29) is 6.42 Å². The number of likely N-dealkylation sites (tertiary alicyclic amines) is 1. The largest absolute Gasteiger partial charge is 0.481 e. The second kappa shape index (κ2) is 5.19. The smallest absolute Gasteiger partial charge is 0.304 e. The van der Waals surface area contributed by atoms with Crippen LogP contribution in [0.15, 0.2) is 0 Å². The zero-order valence-corrected chi connectivity index (χ0v) is 8.12. The average molecular weight is 186 g/mol. The summed E-state index contributed by atoms with van der Waals surface area (Å²) in [6.45, 7) is 2.72. The summed E-state index contributed by atoms with van der Waals surface area (Å²) < 4.78 is 0. The molecule has 13 heavy (non-hydrogen) atoms. The summed E-state index contributed by atoms with van der Waals surface area (Å²) in [6.07, 6.45) is 2.66. The lowest BCUT2D eigenvalue weighted by Crippen LogP contribution is -2.37. The first kappa shape index (κ1) is 10.5. The van der Waals surface area contributed by atoms with Crippen LogP contribution in [-0.2, 0) is 4.79 Å². The molecule has 1 saturated heterocycles. The van der Waals surface area contributed by atoms with Crippen LogP contribution in [0.5, 0.6) is 0 Å². The Balaban J connectivity index is 2.26. The number of nitrogens with one attached hydrogen (secondary N) is 1. The van der Waals surface area contributed by atoms with Gasteiger partial charge < -0.3 is 10.4 Å². The molecule has 0 saturated carbocycles. The van der Waals surface area contributed by atoms with Gasteiger partial charge in [-0.3, -0.25) is 9.69 Å². The van der Waals surface area contributed by atoms with Gasteiger partial charge in [-0.25, -0.2) is 0 Å². The third kappa shape index (κ3) is 3.32. The highest BCUT2D eigenvalue weighted by Gasteiger charge is 2.23. The van der Waals surface area contributed by atoms with Crippen molar-refractivity contribution in [3.8, 4) is 0 Å². The molecule has 1 aliphatic rings. The van der Waals surface area contributed by atoms with E-state index < -0.39 is 5.97 Å². The van der Waals surface area contributed by atoms with E-state index >= 15 is 0 Å². The third-order valence-corrected chi connectivity index (χ3v) is 2.55. The van der Waals surface area contributed by atoms with Crippen LogP contribution in [0.2, 0.25) is 0 Å². The number of hydrogen-bond acceptors (Lipinski definition) is 3. The summed E-state index contributed by atoms with van der Waals surface area (Å²) in [7, 11) is 1.94. The van der Waals surface area contributed by atoms with Crippen molar-refractivity contribution in [2.45, 2.75) is 25.3 Å². The second-order valence-corrected chi connectivity index (χ2v) is 3.53. The van der Waals surface area contributed by atoms with Gasteiger partial charge in [0.15, 0.2) is 0 Å². The van der Waals surface area contributed by atoms with Crippen LogP contribution in [0.4, 0.5) is 0 Å². The fourth-order valence-electron chi connectivity index (χ4n) is 1.90. The van der Waals surface area contributed by atoms with Gasteiger partial charge in [0.25, 0.3) is 0 Å². The minimum absolute atomic E-state index is 0.264. The molecule has 0 spiro atoms. The Labute approximate surface area is 78.9 Å². The molecule has 0 aromatic carbocycles. The normalized spacial score (nSPS) is 23.6. The molecule has 76 valence electrons. The lowest BCUT2D eigenvalue weighted by molar-refractivity contribution is -0.137. The highest BCUT2D eigenvalue weighted by atomic mass is 16.4. The number of carbonyl (C=O) groups is 1. The molecule has 0 aromatic heterocycles. The maximum atomic E-state index is 10.4. The molecule has 0 amide bonds. The molecular formula is C9H18N2O2. The number of rotatable bonds is 5. The van der Waals surface area contributed by atoms with E-state index in [1.807, 2.05) is 7.05 Å². The lowest BCUT2D eigenvalue weighted by Gasteiger charge is -2.23. The molecule has 1 aliphatic heterocycles. The number of hydrogen-bond donors (Lipinski definition) is 2. The standard InChI is InChI=1S/C9H18N2O2/c1-10-7-8-3-2-5-11(8)6-4-9(12)13/h8,10H,2-7H2,1H3,(H,12,13). The minimum atomic E-state index is -0.699. The molecule has 1 atom stereocenters. The number of likely N-dealkylation sites (N-methyl/N-ethyl adjacent to an activating group) is 1. The molecule has 1 heterocycles. The topological polar surface area (TPSA) is 52.6 Å². The summed E-state index contributed by atoms with van der Waals surface area (Å²) in [6, 6.07) is 0.546. The van der Waals surface area contributed by atoms with E-state index in [0.29, 0.717) is 12.6 Å². The molecule has 1 rings (SSSR count). The summed E-state index contributed by atoms with van der Waals surface area (Å²) in [5.41, 5.74) is 0. The van der Waals surface area contributed by atoms with Gasteiger partial charge in [0.05, 0.1) is 6.42 Å². The summed E-state index contributed by atoms with van der Waals surface area (Å²) in [4.78, 5) is 12.6. The molecule has 4 heteroatoms. The van der Waals surface area contributed by atoms with E-state index in [4.69, 9.17) is 5.11 Å². The first-order valence-electron chi connectivity index (χ1n) is 4.84. The molecule has 2 N–H and O–H groups in total. The minimum Gasteiger partial charge on any atom is -0.481 e. The molecule has 0 aromatic rings. The number of carboxylic acid groups (broad SMARTS) is 1. The highest BCUT2D eigenvalue weighted by Crippen LogP contribution is 2.16. The molecule has 4 nitrogen and oxygen atoms in total. The van der Waals surface area contributed by atoms with Crippen LogP contribution in [0.3, 0.4) is 0 Å². The lowest BCUT2D eigenvalue weighted by atomic mass is 10.2. The van der Waals surface area contributed by atoms with Gasteiger partial charge in [-0.05, 0) is 26.4 Å². The second-order valence-electron chi connectivity index (χ2n) is 3.53. The number of nitrogens with zero attached hydrogens (tertiary/aromatic N) is 1. The van der Waals surface area contributed by atoms with Crippen molar-refractivity contribution in [1.29, 1.82) is 0 Å². The first-order valence-corrected chi connectivity index (χ1v) is 4.84. The quantitative estimate of drug-likeness (QED) is 0.641. The van der Waals surface area contributed by atoms with Crippen molar-refractivity contribution in [2.75, 3.05) is 26.7 Å². The summed E-state index contributed by atoms with van der Waals surface area (Å²) >= 11 is 0. The van der Waals surface area contributed by atoms with Gasteiger partial charge in [-0.1, -0.05) is 0 Å². The summed E-state index contributed by atoms with van der Waals surface area (Å²) in [5.74, 6) is -0.699. The maximum Gasteiger partial charge on any atom is 0.304 e. The molecule has 1 unspecified atom stereocenters. The Morgan fingerprint density at radius 3 is 3.08 bits per heavy atom. The molecule has 0 aliphatic carbocycles. The maximum absolute atomic E-state index is 10.4. The highest BCUT2D eigenvalue weighted by molar-refractivity contribution is 5.66. The fraction of sp³-hybridized carbons (Fsp3) is 0.889. The Kier molecular flexibility index (Phi) is 4.18. The van der Waals surface area contributed by atoms with Gasteiger partial charge in [-0.2, -0.15) is 0 Å². The Hall–Kier alpha value is -0.610. The molecule has 0 bridgehead atoms. The van der Waals surface area contributed by atoms with E-state index in [1.165, 1.54) is 12.8 Å². The van der Waals surface area contributed by atoms with Crippen molar-refractivity contribution in [2.24, 2.45) is 0 Å². The van der Waals surface area contributed by atoms with Gasteiger partial charge in [-0.15, -0.1) is 0 Å². The van der Waals surface area contributed by atoms with Crippen LogP contribution in [0, 0.1) is 0 Å². The van der Waals surface area contributed by atoms with Crippen molar-refractivity contribution in [3.63, 3.8) is 0 Å². The van der Waals surface area contributed by atoms with E-state index in [9.17, 15) is 4.79 Å². The average Bonchev–Trinajstić information content (AvgIpc) is 2.49.